The third-order valence-electron chi connectivity index (χ3n) is 5.49. The van der Waals surface area contributed by atoms with E-state index in [9.17, 15) is 9.59 Å². The van der Waals surface area contributed by atoms with Gasteiger partial charge in [-0.25, -0.2) is 4.79 Å². The van der Waals surface area contributed by atoms with Gasteiger partial charge in [-0.3, -0.25) is 4.79 Å². The summed E-state index contributed by atoms with van der Waals surface area (Å²) >= 11 is 7.82. The number of amides is 3. The summed E-state index contributed by atoms with van der Waals surface area (Å²) < 4.78 is 0. The van der Waals surface area contributed by atoms with Gasteiger partial charge >= 0.3 is 6.03 Å². The number of thiophene rings is 1. The van der Waals surface area contributed by atoms with Crippen molar-refractivity contribution in [2.45, 2.75) is 45.7 Å². The molecule has 3 rings (SSSR count). The van der Waals surface area contributed by atoms with E-state index in [0.29, 0.717) is 18.1 Å². The molecule has 1 aliphatic heterocycles. The third-order valence-corrected chi connectivity index (χ3v) is 6.74. The number of nitrogens with one attached hydrogen (secondary N) is 1. The third kappa shape index (κ3) is 4.75. The molecule has 2 atom stereocenters. The number of carbonyl (C=O) groups is 2. The summed E-state index contributed by atoms with van der Waals surface area (Å²) in [5.74, 6) is -0.0339. The van der Waals surface area contributed by atoms with Crippen LogP contribution in [0.5, 0.6) is 0 Å². The van der Waals surface area contributed by atoms with E-state index < -0.39 is 0 Å². The number of rotatable bonds is 6. The Balaban J connectivity index is 1.89. The van der Waals surface area contributed by atoms with Gasteiger partial charge in [-0.2, -0.15) is 0 Å². The lowest BCUT2D eigenvalue weighted by Crippen LogP contribution is -2.51. The Morgan fingerprint density at radius 3 is 2.66 bits per heavy atom. The number of carbonyl (C=O) groups excluding carboxylic acids is 2. The van der Waals surface area contributed by atoms with E-state index in [0.717, 1.165) is 18.4 Å². The van der Waals surface area contributed by atoms with E-state index in [1.165, 1.54) is 10.4 Å². The van der Waals surface area contributed by atoms with Crippen LogP contribution in [-0.2, 0) is 11.2 Å². The number of hydrogen-bond acceptors (Lipinski definition) is 3. The minimum absolute atomic E-state index is 0.0130. The molecule has 5 nitrogen and oxygen atoms in total. The van der Waals surface area contributed by atoms with Crippen molar-refractivity contribution in [2.24, 2.45) is 0 Å². The predicted octanol–water partition coefficient (Wildman–Crippen LogP) is 4.71. The summed E-state index contributed by atoms with van der Waals surface area (Å²) in [4.78, 5) is 30.8. The summed E-state index contributed by atoms with van der Waals surface area (Å²) in [5, 5.41) is 5.59. The Labute approximate surface area is 181 Å². The van der Waals surface area contributed by atoms with Gasteiger partial charge in [0.1, 0.15) is 6.54 Å². The molecule has 2 aromatic rings. The summed E-state index contributed by atoms with van der Waals surface area (Å²) in [5.41, 5.74) is 2.21. The van der Waals surface area contributed by atoms with Gasteiger partial charge < -0.3 is 15.1 Å². The summed E-state index contributed by atoms with van der Waals surface area (Å²) in [6.07, 6.45) is 1.63. The van der Waals surface area contributed by atoms with Crippen molar-refractivity contribution in [3.8, 4) is 0 Å². The van der Waals surface area contributed by atoms with Gasteiger partial charge in [-0.1, -0.05) is 30.7 Å². The maximum atomic E-state index is 13.4. The number of urea groups is 1. The Hall–Kier alpha value is -2.05. The van der Waals surface area contributed by atoms with Crippen LogP contribution in [-0.4, -0.2) is 47.4 Å². The first-order valence-corrected chi connectivity index (χ1v) is 11.4. The average Bonchev–Trinajstić information content (AvgIpc) is 3.20. The Bertz CT molecular complexity index is 852. The fourth-order valence-corrected chi connectivity index (χ4v) is 4.76. The van der Waals surface area contributed by atoms with Crippen molar-refractivity contribution >= 4 is 34.9 Å². The maximum absolute atomic E-state index is 13.4. The Morgan fingerprint density at radius 2 is 2.00 bits per heavy atom. The molecule has 3 amide bonds. The van der Waals surface area contributed by atoms with Crippen molar-refractivity contribution in [3.05, 3.63) is 56.7 Å². The zero-order valence-corrected chi connectivity index (χ0v) is 18.7. The molecule has 0 fully saturated rings. The maximum Gasteiger partial charge on any atom is 0.318 e. The standard InChI is InChI=1S/C22H28ClN3O2S/c1-4-15(3)26(22(28)24-5-2)14-20(27)25-12-10-19-18(11-13-29-19)21(25)16-6-8-17(23)9-7-16/h6-9,11,13,15,21H,4-5,10,12,14H2,1-3H3,(H,24,28). The lowest BCUT2D eigenvalue weighted by atomic mass is 9.93. The van der Waals surface area contributed by atoms with Crippen molar-refractivity contribution in [1.29, 1.82) is 0 Å². The first-order valence-electron chi connectivity index (χ1n) is 10.1. The van der Waals surface area contributed by atoms with E-state index in [2.05, 4.69) is 16.8 Å². The molecule has 0 bridgehead atoms. The first kappa shape index (κ1) is 21.7. The largest absolute Gasteiger partial charge is 0.338 e. The first-order chi connectivity index (χ1) is 14.0. The van der Waals surface area contributed by atoms with Crippen LogP contribution in [0.2, 0.25) is 5.02 Å². The number of nitrogens with zero attached hydrogens (tertiary/aromatic N) is 2. The number of fused-ring (bicyclic) bond motifs is 1. The van der Waals surface area contributed by atoms with Gasteiger partial charge in [0.2, 0.25) is 5.91 Å². The van der Waals surface area contributed by atoms with Gasteiger partial charge in [-0.15, -0.1) is 11.3 Å². The van der Waals surface area contributed by atoms with Crippen LogP contribution in [0.4, 0.5) is 4.79 Å². The second kappa shape index (κ2) is 9.63. The van der Waals surface area contributed by atoms with Crippen LogP contribution < -0.4 is 5.32 Å². The lowest BCUT2D eigenvalue weighted by Gasteiger charge is -2.38. The van der Waals surface area contributed by atoms with Crippen LogP contribution in [0.1, 0.15) is 49.2 Å². The van der Waals surface area contributed by atoms with Gasteiger partial charge in [0.15, 0.2) is 0 Å². The van der Waals surface area contributed by atoms with Gasteiger partial charge in [0.05, 0.1) is 6.04 Å². The van der Waals surface area contributed by atoms with E-state index >= 15 is 0 Å². The molecular weight excluding hydrogens is 406 g/mol. The van der Waals surface area contributed by atoms with Crippen molar-refractivity contribution < 1.29 is 9.59 Å². The molecule has 2 heterocycles. The molecule has 29 heavy (non-hydrogen) atoms. The van der Waals surface area contributed by atoms with E-state index in [1.54, 1.807) is 16.2 Å². The summed E-state index contributed by atoms with van der Waals surface area (Å²) in [7, 11) is 0. The quantitative estimate of drug-likeness (QED) is 0.717. The monoisotopic (exact) mass is 433 g/mol. The molecule has 7 heteroatoms. The second-order valence-corrected chi connectivity index (χ2v) is 8.75. The normalized spacial score (nSPS) is 16.8. The van der Waals surface area contributed by atoms with Gasteiger partial charge in [0.25, 0.3) is 0 Å². The molecule has 2 unspecified atom stereocenters. The zero-order valence-electron chi connectivity index (χ0n) is 17.2. The summed E-state index contributed by atoms with van der Waals surface area (Å²) in [6, 6.07) is 9.44. The van der Waals surface area contributed by atoms with Crippen LogP contribution in [0.3, 0.4) is 0 Å². The molecule has 1 aromatic heterocycles. The van der Waals surface area contributed by atoms with Crippen LogP contribution in [0, 0.1) is 0 Å². The van der Waals surface area contributed by atoms with Crippen molar-refractivity contribution in [1.82, 2.24) is 15.1 Å². The highest BCUT2D eigenvalue weighted by Gasteiger charge is 2.34. The zero-order chi connectivity index (χ0) is 21.0. The number of benzene rings is 1. The molecule has 0 radical (unpaired) electrons. The second-order valence-electron chi connectivity index (χ2n) is 7.31. The molecule has 1 aliphatic rings. The average molecular weight is 434 g/mol. The van der Waals surface area contributed by atoms with Crippen LogP contribution >= 0.6 is 22.9 Å². The van der Waals surface area contributed by atoms with Crippen LogP contribution in [0.15, 0.2) is 35.7 Å². The van der Waals surface area contributed by atoms with Crippen molar-refractivity contribution in [2.75, 3.05) is 19.6 Å². The molecule has 0 spiro atoms. The smallest absolute Gasteiger partial charge is 0.318 e. The van der Waals surface area contributed by atoms with E-state index in [-0.39, 0.29) is 30.6 Å². The number of halogens is 1. The van der Waals surface area contributed by atoms with Gasteiger partial charge in [0, 0.05) is 29.0 Å². The molecular formula is C22H28ClN3O2S. The minimum atomic E-state index is -0.188. The number of hydrogen-bond donors (Lipinski definition) is 1. The predicted molar refractivity (Wildman–Crippen MR) is 119 cm³/mol. The highest BCUT2D eigenvalue weighted by Crippen LogP contribution is 2.38. The SMILES string of the molecule is CCNC(=O)N(CC(=O)N1CCc2sccc2C1c1ccc(Cl)cc1)C(C)CC. The fraction of sp³-hybridized carbons (Fsp3) is 0.455. The lowest BCUT2D eigenvalue weighted by molar-refractivity contribution is -0.134. The minimum Gasteiger partial charge on any atom is -0.338 e. The Morgan fingerprint density at radius 1 is 1.28 bits per heavy atom. The van der Waals surface area contributed by atoms with Gasteiger partial charge in [-0.05, 0) is 61.4 Å². The molecule has 0 saturated heterocycles. The molecule has 156 valence electrons. The summed E-state index contributed by atoms with van der Waals surface area (Å²) in [6.45, 7) is 7.14. The van der Waals surface area contributed by atoms with E-state index in [4.69, 9.17) is 11.6 Å². The van der Waals surface area contributed by atoms with Crippen LogP contribution in [0.25, 0.3) is 0 Å². The highest BCUT2D eigenvalue weighted by atomic mass is 35.5. The highest BCUT2D eigenvalue weighted by molar-refractivity contribution is 7.10. The van der Waals surface area contributed by atoms with Crippen molar-refractivity contribution in [3.63, 3.8) is 0 Å². The fourth-order valence-electron chi connectivity index (χ4n) is 3.73. The molecule has 0 aliphatic carbocycles. The topological polar surface area (TPSA) is 52.7 Å². The Kier molecular flexibility index (Phi) is 7.19. The molecule has 0 saturated carbocycles. The van der Waals surface area contributed by atoms with E-state index in [1.807, 2.05) is 49.9 Å². The molecule has 1 N–H and O–H groups in total. The molecule has 1 aromatic carbocycles.